The number of imidazole rings is 1. The zero-order valence-electron chi connectivity index (χ0n) is 41.7. The third-order valence-electron chi connectivity index (χ3n) is 9.72. The van der Waals surface area contributed by atoms with E-state index < -0.39 is 5.97 Å². The number of aromatic nitrogens is 4. The van der Waals surface area contributed by atoms with Crippen molar-refractivity contribution in [2.75, 3.05) is 164 Å². The number of carbonyl (C=O) groups is 2. The standard InChI is InChI=1S/C48H80N6O16/c1-4-5-6-42-51-45-46(48(70-39(2)3)53-52-47(45)49)54(42)38-41-9-7-40(8-10-41)37-50-43(55)11-13-58-15-17-60-19-21-62-23-25-64-27-29-66-31-33-68-35-36-69-34-32-67-30-28-65-26-24-63-22-20-61-18-16-59-14-12-44(56)57/h7-10,39H,4-6,11-38H2,1-3H3,(H2,49,52)(H,50,55)(H,56,57). The zero-order valence-corrected chi connectivity index (χ0v) is 41.7. The predicted octanol–water partition coefficient (Wildman–Crippen LogP) is 3.27. The molecule has 398 valence electrons. The Morgan fingerprint density at radius 3 is 1.36 bits per heavy atom. The molecule has 0 aliphatic carbocycles. The highest BCUT2D eigenvalue weighted by atomic mass is 16.6. The average molecular weight is 997 g/mol. The number of nitrogens with two attached hydrogens (primary N) is 1. The second kappa shape index (κ2) is 40.4. The molecule has 70 heavy (non-hydrogen) atoms. The van der Waals surface area contributed by atoms with Crippen molar-refractivity contribution in [3.05, 3.63) is 41.2 Å². The average Bonchev–Trinajstić information content (AvgIpc) is 3.71. The minimum atomic E-state index is -0.880. The summed E-state index contributed by atoms with van der Waals surface area (Å²) in [6, 6.07) is 8.13. The van der Waals surface area contributed by atoms with Crippen LogP contribution in [-0.2, 0) is 85.9 Å². The minimum absolute atomic E-state index is 0.0106. The second-order valence-corrected chi connectivity index (χ2v) is 15.8. The maximum absolute atomic E-state index is 12.4. The maximum atomic E-state index is 12.4. The van der Waals surface area contributed by atoms with E-state index in [0.717, 1.165) is 41.7 Å². The molecule has 22 nitrogen and oxygen atoms in total. The Hall–Kier alpha value is -4.17. The van der Waals surface area contributed by atoms with Crippen LogP contribution < -0.4 is 15.8 Å². The number of nitrogen functional groups attached to an aromatic ring is 1. The predicted molar refractivity (Wildman–Crippen MR) is 258 cm³/mol. The SMILES string of the molecule is CCCCc1nc2c(N)nnc(OC(C)C)c2n1Cc1ccc(CNC(=O)CCOCCOCCOCCOCCOCCOCCOCCOCCOCCOCCOCCOCCC(=O)O)cc1. The highest BCUT2D eigenvalue weighted by molar-refractivity contribution is 5.88. The first kappa shape index (κ1) is 60.1. The molecule has 4 N–H and O–H groups in total. The Morgan fingerprint density at radius 1 is 0.586 bits per heavy atom. The van der Waals surface area contributed by atoms with Gasteiger partial charge in [-0.1, -0.05) is 37.6 Å². The van der Waals surface area contributed by atoms with Crippen molar-refractivity contribution in [2.24, 2.45) is 0 Å². The monoisotopic (exact) mass is 997 g/mol. The Bertz CT molecular complexity index is 1770. The molecule has 0 aliphatic rings. The molecule has 3 rings (SSSR count). The number of hydrogen-bond donors (Lipinski definition) is 3. The molecular formula is C48H80N6O16. The van der Waals surface area contributed by atoms with Crippen molar-refractivity contribution in [1.29, 1.82) is 0 Å². The van der Waals surface area contributed by atoms with Crippen molar-refractivity contribution in [3.63, 3.8) is 0 Å². The fraction of sp³-hybridized carbons (Fsp3) is 0.729. The van der Waals surface area contributed by atoms with E-state index in [9.17, 15) is 9.59 Å². The van der Waals surface area contributed by atoms with Crippen LogP contribution in [0.15, 0.2) is 24.3 Å². The number of anilines is 1. The van der Waals surface area contributed by atoms with Gasteiger partial charge in [0.1, 0.15) is 16.9 Å². The number of carboxylic acids is 1. The van der Waals surface area contributed by atoms with Crippen molar-refractivity contribution >= 4 is 28.7 Å². The van der Waals surface area contributed by atoms with Gasteiger partial charge in [0.2, 0.25) is 5.91 Å². The molecule has 0 aliphatic heterocycles. The van der Waals surface area contributed by atoms with Gasteiger partial charge in [-0.05, 0) is 31.4 Å². The Labute approximate surface area is 412 Å². The summed E-state index contributed by atoms with van der Waals surface area (Å²) in [6.07, 6.45) is 2.99. The van der Waals surface area contributed by atoms with Gasteiger partial charge in [-0.3, -0.25) is 9.59 Å². The molecule has 0 saturated heterocycles. The van der Waals surface area contributed by atoms with Crippen molar-refractivity contribution in [1.82, 2.24) is 25.1 Å². The first-order valence-corrected chi connectivity index (χ1v) is 24.5. The van der Waals surface area contributed by atoms with E-state index in [1.54, 1.807) is 0 Å². The topological polar surface area (TPSA) is 256 Å². The number of benzene rings is 1. The van der Waals surface area contributed by atoms with E-state index in [4.69, 9.17) is 77.4 Å². The highest BCUT2D eigenvalue weighted by Crippen LogP contribution is 2.29. The van der Waals surface area contributed by atoms with Gasteiger partial charge in [-0.25, -0.2) is 4.98 Å². The van der Waals surface area contributed by atoms with Crippen LogP contribution in [0, 0.1) is 0 Å². The van der Waals surface area contributed by atoms with E-state index in [1.165, 1.54) is 0 Å². The number of nitrogens with one attached hydrogen (secondary N) is 1. The van der Waals surface area contributed by atoms with Gasteiger partial charge in [0, 0.05) is 25.9 Å². The number of unbranched alkanes of at least 4 members (excludes halogenated alkanes) is 1. The van der Waals surface area contributed by atoms with Gasteiger partial charge >= 0.3 is 5.97 Å². The number of fused-ring (bicyclic) bond motifs is 1. The van der Waals surface area contributed by atoms with Gasteiger partial charge < -0.3 is 82.3 Å². The Balaban J connectivity index is 1.02. The van der Waals surface area contributed by atoms with Crippen LogP contribution in [0.2, 0.25) is 0 Å². The lowest BCUT2D eigenvalue weighted by Crippen LogP contribution is -2.24. The molecule has 0 fully saturated rings. The molecule has 3 aromatic rings. The van der Waals surface area contributed by atoms with Crippen molar-refractivity contribution < 1.29 is 76.3 Å². The fourth-order valence-electron chi connectivity index (χ4n) is 6.17. The number of rotatable bonds is 48. The van der Waals surface area contributed by atoms with Gasteiger partial charge in [0.05, 0.1) is 171 Å². The van der Waals surface area contributed by atoms with Gasteiger partial charge in [-0.2, -0.15) is 0 Å². The van der Waals surface area contributed by atoms with E-state index in [0.29, 0.717) is 176 Å². The van der Waals surface area contributed by atoms with Gasteiger partial charge in [0.15, 0.2) is 5.82 Å². The minimum Gasteiger partial charge on any atom is -0.481 e. The third kappa shape index (κ3) is 29.2. The number of hydrogen-bond acceptors (Lipinski definition) is 19. The summed E-state index contributed by atoms with van der Waals surface area (Å²) in [5.74, 6) is 0.652. The van der Waals surface area contributed by atoms with Crippen LogP contribution in [0.4, 0.5) is 5.82 Å². The Kier molecular flexibility index (Phi) is 34.7. The summed E-state index contributed by atoms with van der Waals surface area (Å²) in [4.78, 5) is 27.7. The van der Waals surface area contributed by atoms with E-state index in [2.05, 4.69) is 39.1 Å². The number of aliphatic carboxylic acids is 1. The number of carbonyl (C=O) groups excluding carboxylic acids is 1. The first-order valence-electron chi connectivity index (χ1n) is 24.5. The fourth-order valence-corrected chi connectivity index (χ4v) is 6.17. The van der Waals surface area contributed by atoms with Crippen molar-refractivity contribution in [3.8, 4) is 5.88 Å². The number of ether oxygens (including phenoxy) is 13. The molecule has 0 bridgehead atoms. The van der Waals surface area contributed by atoms with E-state index >= 15 is 0 Å². The number of aryl methyl sites for hydroxylation is 1. The van der Waals surface area contributed by atoms with Gasteiger partial charge in [0.25, 0.3) is 5.88 Å². The van der Waals surface area contributed by atoms with E-state index in [-0.39, 0.29) is 37.3 Å². The van der Waals surface area contributed by atoms with Crippen LogP contribution in [-0.4, -0.2) is 201 Å². The van der Waals surface area contributed by atoms with Crippen LogP contribution in [0.3, 0.4) is 0 Å². The summed E-state index contributed by atoms with van der Waals surface area (Å²) >= 11 is 0. The molecule has 2 aromatic heterocycles. The summed E-state index contributed by atoms with van der Waals surface area (Å²) in [5.41, 5.74) is 9.61. The molecule has 1 amide bonds. The molecule has 0 atom stereocenters. The summed E-state index contributed by atoms with van der Waals surface area (Å²) in [5, 5.41) is 19.8. The quantitative estimate of drug-likeness (QED) is 0.0686. The van der Waals surface area contributed by atoms with Crippen LogP contribution >= 0.6 is 0 Å². The van der Waals surface area contributed by atoms with Crippen LogP contribution in [0.1, 0.15) is 63.4 Å². The Morgan fingerprint density at radius 2 is 0.971 bits per heavy atom. The molecule has 2 heterocycles. The van der Waals surface area contributed by atoms with Crippen LogP contribution in [0.5, 0.6) is 5.88 Å². The van der Waals surface area contributed by atoms with E-state index in [1.807, 2.05) is 26.0 Å². The zero-order chi connectivity index (χ0) is 50.1. The summed E-state index contributed by atoms with van der Waals surface area (Å²) < 4.78 is 73.6. The molecule has 0 spiro atoms. The first-order chi connectivity index (χ1) is 34.3. The molecular weight excluding hydrogens is 917 g/mol. The van der Waals surface area contributed by atoms with Gasteiger partial charge in [-0.15, -0.1) is 10.2 Å². The second-order valence-electron chi connectivity index (χ2n) is 15.8. The molecule has 1 aromatic carbocycles. The third-order valence-corrected chi connectivity index (χ3v) is 9.72. The molecule has 22 heteroatoms. The highest BCUT2D eigenvalue weighted by Gasteiger charge is 2.20. The molecule has 0 saturated carbocycles. The number of nitrogens with zero attached hydrogens (tertiary/aromatic N) is 4. The maximum Gasteiger partial charge on any atom is 0.305 e. The number of amides is 1. The normalized spacial score (nSPS) is 11.6. The molecule has 0 radical (unpaired) electrons. The lowest BCUT2D eigenvalue weighted by molar-refractivity contribution is -0.138. The smallest absolute Gasteiger partial charge is 0.305 e. The largest absolute Gasteiger partial charge is 0.481 e. The summed E-state index contributed by atoms with van der Waals surface area (Å²) in [7, 11) is 0. The summed E-state index contributed by atoms with van der Waals surface area (Å²) in [6.45, 7) is 17.4. The molecule has 0 unspecified atom stereocenters. The lowest BCUT2D eigenvalue weighted by Gasteiger charge is -2.14. The lowest BCUT2D eigenvalue weighted by atomic mass is 10.1. The van der Waals surface area contributed by atoms with Crippen molar-refractivity contribution in [2.45, 2.75) is 72.1 Å². The van der Waals surface area contributed by atoms with Crippen LogP contribution in [0.25, 0.3) is 11.0 Å². The number of carboxylic acid groups (broad SMARTS) is 1.